The maximum Gasteiger partial charge on any atom is 0.123 e. The van der Waals surface area contributed by atoms with Crippen molar-refractivity contribution in [2.75, 3.05) is 0 Å². The number of hydrogen-bond donors (Lipinski definition) is 0. The van der Waals surface area contributed by atoms with E-state index in [9.17, 15) is 4.39 Å². The van der Waals surface area contributed by atoms with Crippen LogP contribution in [0.5, 0.6) is 0 Å². The van der Waals surface area contributed by atoms with Crippen molar-refractivity contribution < 1.29 is 4.39 Å². The first-order chi connectivity index (χ1) is 8.29. The summed E-state index contributed by atoms with van der Waals surface area (Å²) in [5.74, 6) is -0.198. The molecule has 0 aliphatic heterocycles. The fourth-order valence-electron chi connectivity index (χ4n) is 1.52. The van der Waals surface area contributed by atoms with Crippen LogP contribution in [0.15, 0.2) is 65.6 Å². The summed E-state index contributed by atoms with van der Waals surface area (Å²) in [6.45, 7) is 2.01. The molecule has 0 fully saturated rings. The fourth-order valence-corrected chi connectivity index (χ4v) is 2.41. The Balaban J connectivity index is 2.19. The summed E-state index contributed by atoms with van der Waals surface area (Å²) in [5, 5.41) is 0. The minimum absolute atomic E-state index is 0.198. The van der Waals surface area contributed by atoms with E-state index in [2.05, 4.69) is 18.2 Å². The highest BCUT2D eigenvalue weighted by atomic mass is 32.2. The van der Waals surface area contributed by atoms with E-state index in [0.29, 0.717) is 0 Å². The first-order valence-electron chi connectivity index (χ1n) is 5.45. The highest BCUT2D eigenvalue weighted by Crippen LogP contribution is 2.33. The van der Waals surface area contributed by atoms with Crippen LogP contribution in [0.2, 0.25) is 0 Å². The number of thioether (sulfide) groups is 1. The van der Waals surface area contributed by atoms with Gasteiger partial charge in [-0.05, 0) is 36.8 Å². The zero-order chi connectivity index (χ0) is 12.1. The van der Waals surface area contributed by atoms with Crippen molar-refractivity contribution >= 4 is 16.7 Å². The Bertz CT molecular complexity index is 500. The lowest BCUT2D eigenvalue weighted by atomic mass is 10.2. The maximum absolute atomic E-state index is 12.8. The predicted octanol–water partition coefficient (Wildman–Crippen LogP) is 4.98. The van der Waals surface area contributed by atoms with Gasteiger partial charge in [0.1, 0.15) is 5.82 Å². The summed E-state index contributed by atoms with van der Waals surface area (Å²) in [7, 11) is 0. The van der Waals surface area contributed by atoms with E-state index in [-0.39, 0.29) is 5.82 Å². The van der Waals surface area contributed by atoms with Crippen molar-refractivity contribution in [3.8, 4) is 0 Å². The quantitative estimate of drug-likeness (QED) is 0.686. The molecule has 86 valence electrons. The van der Waals surface area contributed by atoms with Crippen LogP contribution in [-0.4, -0.2) is 0 Å². The van der Waals surface area contributed by atoms with E-state index >= 15 is 0 Å². The van der Waals surface area contributed by atoms with Gasteiger partial charge in [-0.25, -0.2) is 4.39 Å². The zero-order valence-electron chi connectivity index (χ0n) is 9.56. The fraction of sp³-hybridized carbons (Fsp3) is 0.0667. The van der Waals surface area contributed by atoms with Gasteiger partial charge in [-0.3, -0.25) is 0 Å². The van der Waals surface area contributed by atoms with Gasteiger partial charge < -0.3 is 0 Å². The third-order valence-electron chi connectivity index (χ3n) is 2.36. The van der Waals surface area contributed by atoms with Gasteiger partial charge in [0.15, 0.2) is 0 Å². The van der Waals surface area contributed by atoms with Crippen LogP contribution >= 0.6 is 11.8 Å². The molecule has 0 nitrogen and oxygen atoms in total. The summed E-state index contributed by atoms with van der Waals surface area (Å²) >= 11 is 1.64. The lowest BCUT2D eigenvalue weighted by Gasteiger charge is -2.06. The summed E-state index contributed by atoms with van der Waals surface area (Å²) in [6.07, 6.45) is 2.07. The smallest absolute Gasteiger partial charge is 0.123 e. The van der Waals surface area contributed by atoms with Crippen molar-refractivity contribution in [3.05, 3.63) is 72.1 Å². The van der Waals surface area contributed by atoms with E-state index in [1.54, 1.807) is 23.9 Å². The highest BCUT2D eigenvalue weighted by molar-refractivity contribution is 8.08. The predicted molar refractivity (Wildman–Crippen MR) is 72.4 cm³/mol. The third kappa shape index (κ3) is 3.21. The van der Waals surface area contributed by atoms with Gasteiger partial charge in [-0.15, -0.1) is 0 Å². The Hall–Kier alpha value is -1.54. The van der Waals surface area contributed by atoms with Crippen LogP contribution in [0.25, 0.3) is 4.91 Å². The highest BCUT2D eigenvalue weighted by Gasteiger charge is 2.02. The number of halogens is 1. The van der Waals surface area contributed by atoms with E-state index in [4.69, 9.17) is 0 Å². The molecule has 2 heteroatoms. The molecule has 0 heterocycles. The summed E-state index contributed by atoms with van der Waals surface area (Å²) in [6, 6.07) is 16.8. The summed E-state index contributed by atoms with van der Waals surface area (Å²) in [5.41, 5.74) is 1.18. The summed E-state index contributed by atoms with van der Waals surface area (Å²) in [4.78, 5) is 2.22. The van der Waals surface area contributed by atoms with Gasteiger partial charge in [0.2, 0.25) is 0 Å². The van der Waals surface area contributed by atoms with Crippen LogP contribution in [-0.2, 0) is 0 Å². The maximum atomic E-state index is 12.8. The molecule has 0 saturated carbocycles. The molecule has 0 aliphatic carbocycles. The van der Waals surface area contributed by atoms with Crippen molar-refractivity contribution in [3.63, 3.8) is 0 Å². The standard InChI is InChI=1S/C15H13FS/c1-2-15(12-6-4-3-5-7-12)17-14-10-8-13(16)9-11-14/h2-11H,1H3. The zero-order valence-corrected chi connectivity index (χ0v) is 10.4. The second kappa shape index (κ2) is 5.69. The Labute approximate surface area is 105 Å². The molecular weight excluding hydrogens is 231 g/mol. The van der Waals surface area contributed by atoms with E-state index in [0.717, 1.165) is 4.90 Å². The number of rotatable bonds is 3. The van der Waals surface area contributed by atoms with Crippen molar-refractivity contribution in [1.82, 2.24) is 0 Å². The summed E-state index contributed by atoms with van der Waals surface area (Å²) < 4.78 is 12.8. The molecule has 0 atom stereocenters. The number of benzene rings is 2. The van der Waals surface area contributed by atoms with Crippen LogP contribution < -0.4 is 0 Å². The molecule has 0 radical (unpaired) electrons. The second-order valence-corrected chi connectivity index (χ2v) is 4.69. The Morgan fingerprint density at radius 1 is 1.00 bits per heavy atom. The molecule has 17 heavy (non-hydrogen) atoms. The molecule has 0 aromatic heterocycles. The first kappa shape index (κ1) is 11.9. The topological polar surface area (TPSA) is 0 Å². The lowest BCUT2D eigenvalue weighted by molar-refractivity contribution is 0.626. The molecule has 2 rings (SSSR count). The minimum atomic E-state index is -0.198. The van der Waals surface area contributed by atoms with Crippen LogP contribution in [0, 0.1) is 5.82 Å². The third-order valence-corrected chi connectivity index (χ3v) is 3.56. The molecule has 0 saturated heterocycles. The Morgan fingerprint density at radius 2 is 1.65 bits per heavy atom. The monoisotopic (exact) mass is 244 g/mol. The largest absolute Gasteiger partial charge is 0.207 e. The van der Waals surface area contributed by atoms with Crippen molar-refractivity contribution in [2.24, 2.45) is 0 Å². The van der Waals surface area contributed by atoms with Crippen LogP contribution in [0.3, 0.4) is 0 Å². The SMILES string of the molecule is CC=C(Sc1ccc(F)cc1)c1ccccc1. The van der Waals surface area contributed by atoms with E-state index in [1.165, 1.54) is 22.6 Å². The van der Waals surface area contributed by atoms with Gasteiger partial charge in [-0.2, -0.15) is 0 Å². The average Bonchev–Trinajstić information content (AvgIpc) is 2.39. The van der Waals surface area contributed by atoms with E-state index in [1.807, 2.05) is 25.1 Å². The molecule has 0 bridgehead atoms. The molecule has 2 aromatic carbocycles. The molecular formula is C15H13FS. The Morgan fingerprint density at radius 3 is 2.24 bits per heavy atom. The molecule has 0 spiro atoms. The van der Waals surface area contributed by atoms with Crippen molar-refractivity contribution in [1.29, 1.82) is 0 Å². The number of allylic oxidation sites excluding steroid dienone is 1. The van der Waals surface area contributed by atoms with Crippen LogP contribution in [0.1, 0.15) is 12.5 Å². The average molecular weight is 244 g/mol. The van der Waals surface area contributed by atoms with Gasteiger partial charge in [-0.1, -0.05) is 48.2 Å². The lowest BCUT2D eigenvalue weighted by Crippen LogP contribution is -1.80. The van der Waals surface area contributed by atoms with Crippen molar-refractivity contribution in [2.45, 2.75) is 11.8 Å². The second-order valence-electron chi connectivity index (χ2n) is 3.57. The van der Waals surface area contributed by atoms with Gasteiger partial charge in [0.25, 0.3) is 0 Å². The van der Waals surface area contributed by atoms with Gasteiger partial charge in [0.05, 0.1) is 0 Å². The Kier molecular flexibility index (Phi) is 3.99. The molecule has 0 amide bonds. The molecule has 0 aliphatic rings. The van der Waals surface area contributed by atoms with Crippen LogP contribution in [0.4, 0.5) is 4.39 Å². The first-order valence-corrected chi connectivity index (χ1v) is 6.26. The molecule has 0 N–H and O–H groups in total. The minimum Gasteiger partial charge on any atom is -0.207 e. The van der Waals surface area contributed by atoms with Gasteiger partial charge >= 0.3 is 0 Å². The molecule has 0 unspecified atom stereocenters. The normalized spacial score (nSPS) is 11.5. The van der Waals surface area contributed by atoms with Gasteiger partial charge in [0, 0.05) is 9.80 Å². The van der Waals surface area contributed by atoms with E-state index < -0.39 is 0 Å². The molecule has 2 aromatic rings. The number of hydrogen-bond acceptors (Lipinski definition) is 1.